The quantitative estimate of drug-likeness (QED) is 0.545. The van der Waals surface area contributed by atoms with Crippen LogP contribution in [0.25, 0.3) is 0 Å². The molecule has 190 valence electrons. The molecular weight excluding hydrogens is 458 g/mol. The Hall–Kier alpha value is -2.35. The molecule has 4 rings (SSSR count). The van der Waals surface area contributed by atoms with Gasteiger partial charge in [0.25, 0.3) is 0 Å². The van der Waals surface area contributed by atoms with Crippen LogP contribution >= 0.6 is 0 Å². The van der Waals surface area contributed by atoms with Crippen molar-refractivity contribution < 1.29 is 13.7 Å². The summed E-state index contributed by atoms with van der Waals surface area (Å²) in [5.41, 5.74) is 3.37. The van der Waals surface area contributed by atoms with Crippen molar-refractivity contribution in [3.8, 4) is 0 Å². The minimum Gasteiger partial charge on any atom is -0.448 e. The minimum absolute atomic E-state index is 0.0500. The number of benzene rings is 2. The number of aryl methyl sites for hydroxylation is 2. The van der Waals surface area contributed by atoms with Crippen LogP contribution in [0.1, 0.15) is 48.9 Å². The second kappa shape index (κ2) is 11.1. The average molecular weight is 498 g/mol. The number of hydrogen-bond donors (Lipinski definition) is 0. The lowest BCUT2D eigenvalue weighted by Crippen LogP contribution is -2.51. The SMILES string of the molecule is C=S(=O)(c1cccc(C)c1)N1[C@@H](COC(=O)N2CCN(CC)CC2)CCC[C@H]1c1cccc(C)c1. The van der Waals surface area contributed by atoms with Crippen molar-refractivity contribution in [2.45, 2.75) is 57.0 Å². The van der Waals surface area contributed by atoms with E-state index in [0.29, 0.717) is 13.1 Å². The highest BCUT2D eigenvalue weighted by Gasteiger charge is 2.38. The summed E-state index contributed by atoms with van der Waals surface area (Å²) in [5, 5.41) is 0. The standard InChI is InChI=1S/C28H39N3O3S/c1-5-29-15-17-30(18-16-29)28(32)34-21-25-12-8-14-27(24-11-6-9-22(2)19-24)31(25)35(4,33)26-13-7-10-23(3)20-26/h6-7,9-11,13,19-20,25,27H,4-5,8,12,14-18,21H2,1-3H3/t25-,27+,35?/m1/s1. The fourth-order valence-corrected chi connectivity index (χ4v) is 7.48. The van der Waals surface area contributed by atoms with Gasteiger partial charge in [0.05, 0.1) is 15.7 Å². The van der Waals surface area contributed by atoms with Crippen molar-refractivity contribution >= 4 is 21.7 Å². The van der Waals surface area contributed by atoms with Crippen LogP contribution in [0.4, 0.5) is 4.79 Å². The Bertz CT molecular complexity index is 1130. The lowest BCUT2D eigenvalue weighted by molar-refractivity contribution is 0.0506. The molecule has 0 spiro atoms. The van der Waals surface area contributed by atoms with Crippen LogP contribution in [-0.2, 0) is 14.4 Å². The van der Waals surface area contributed by atoms with Gasteiger partial charge in [0.15, 0.2) is 0 Å². The van der Waals surface area contributed by atoms with E-state index in [9.17, 15) is 9.00 Å². The molecule has 2 aromatic carbocycles. The molecule has 2 aliphatic heterocycles. The van der Waals surface area contributed by atoms with Crippen molar-refractivity contribution in [1.82, 2.24) is 14.1 Å². The predicted octanol–water partition coefficient (Wildman–Crippen LogP) is 4.66. The Morgan fingerprint density at radius 1 is 1.03 bits per heavy atom. The fourth-order valence-electron chi connectivity index (χ4n) is 5.29. The Balaban J connectivity index is 1.59. The summed E-state index contributed by atoms with van der Waals surface area (Å²) in [4.78, 5) is 17.7. The second-order valence-electron chi connectivity index (χ2n) is 9.83. The van der Waals surface area contributed by atoms with E-state index in [0.717, 1.165) is 54.9 Å². The van der Waals surface area contributed by atoms with E-state index in [1.54, 1.807) is 4.90 Å². The van der Waals surface area contributed by atoms with Gasteiger partial charge in [-0.15, -0.1) is 0 Å². The molecule has 1 unspecified atom stereocenters. The van der Waals surface area contributed by atoms with Crippen LogP contribution in [0.5, 0.6) is 0 Å². The van der Waals surface area contributed by atoms with Crippen LogP contribution in [0.2, 0.25) is 0 Å². The lowest BCUT2D eigenvalue weighted by Gasteiger charge is -2.44. The Morgan fingerprint density at radius 3 is 2.37 bits per heavy atom. The molecule has 7 heteroatoms. The summed E-state index contributed by atoms with van der Waals surface area (Å²) in [6.45, 7) is 10.5. The molecule has 0 bridgehead atoms. The molecule has 3 atom stereocenters. The molecule has 2 aromatic rings. The van der Waals surface area contributed by atoms with E-state index >= 15 is 0 Å². The number of piperazine rings is 1. The Kier molecular flexibility index (Phi) is 8.19. The summed E-state index contributed by atoms with van der Waals surface area (Å²) < 4.78 is 22.4. The van der Waals surface area contributed by atoms with E-state index in [1.807, 2.05) is 31.2 Å². The number of amides is 1. The normalized spacial score (nSPS) is 23.6. The van der Waals surface area contributed by atoms with Crippen LogP contribution in [0.3, 0.4) is 0 Å². The zero-order valence-corrected chi connectivity index (χ0v) is 22.1. The van der Waals surface area contributed by atoms with E-state index in [4.69, 9.17) is 4.74 Å². The van der Waals surface area contributed by atoms with Crippen molar-refractivity contribution in [2.24, 2.45) is 0 Å². The first-order valence-corrected chi connectivity index (χ1v) is 14.4. The number of hydrogen-bond acceptors (Lipinski definition) is 4. The van der Waals surface area contributed by atoms with Gasteiger partial charge < -0.3 is 14.5 Å². The highest BCUT2D eigenvalue weighted by atomic mass is 32.2. The van der Waals surface area contributed by atoms with E-state index in [2.05, 4.69) is 53.2 Å². The van der Waals surface area contributed by atoms with Crippen molar-refractivity contribution in [1.29, 1.82) is 0 Å². The molecule has 0 saturated carbocycles. The molecule has 2 fully saturated rings. The zero-order valence-electron chi connectivity index (χ0n) is 21.3. The summed E-state index contributed by atoms with van der Waals surface area (Å²) >= 11 is 0. The lowest BCUT2D eigenvalue weighted by atomic mass is 9.93. The van der Waals surface area contributed by atoms with Gasteiger partial charge in [0.1, 0.15) is 6.61 Å². The van der Waals surface area contributed by atoms with Gasteiger partial charge in [0, 0.05) is 37.1 Å². The third kappa shape index (κ3) is 5.90. The number of ether oxygens (including phenoxy) is 1. The first-order valence-electron chi connectivity index (χ1n) is 12.7. The van der Waals surface area contributed by atoms with Crippen molar-refractivity contribution in [3.63, 3.8) is 0 Å². The van der Waals surface area contributed by atoms with Crippen LogP contribution in [0.15, 0.2) is 53.4 Å². The molecule has 0 aromatic heterocycles. The maximum absolute atomic E-state index is 14.4. The highest BCUT2D eigenvalue weighted by molar-refractivity contribution is 7.98. The monoisotopic (exact) mass is 497 g/mol. The second-order valence-corrected chi connectivity index (χ2v) is 12.0. The third-order valence-corrected chi connectivity index (χ3v) is 9.51. The van der Waals surface area contributed by atoms with Gasteiger partial charge in [-0.2, -0.15) is 0 Å². The molecule has 35 heavy (non-hydrogen) atoms. The summed E-state index contributed by atoms with van der Waals surface area (Å²) in [6, 6.07) is 16.0. The van der Waals surface area contributed by atoms with Crippen LogP contribution in [-0.4, -0.2) is 75.7 Å². The van der Waals surface area contributed by atoms with Crippen LogP contribution in [0, 0.1) is 13.8 Å². The van der Waals surface area contributed by atoms with Gasteiger partial charge in [-0.05, 0) is 68.8 Å². The number of likely N-dealkylation sites (N-methyl/N-ethyl adjacent to an activating group) is 1. The molecule has 2 heterocycles. The molecule has 6 nitrogen and oxygen atoms in total. The predicted molar refractivity (Wildman–Crippen MR) is 143 cm³/mol. The van der Waals surface area contributed by atoms with Gasteiger partial charge in [0.2, 0.25) is 0 Å². The number of carbonyl (C=O) groups excluding carboxylic acids is 1. The van der Waals surface area contributed by atoms with E-state index in [-0.39, 0.29) is 24.8 Å². The molecule has 2 saturated heterocycles. The number of rotatable bonds is 6. The van der Waals surface area contributed by atoms with E-state index < -0.39 is 9.71 Å². The maximum atomic E-state index is 14.4. The summed E-state index contributed by atoms with van der Waals surface area (Å²) in [7, 11) is -2.81. The average Bonchev–Trinajstić information content (AvgIpc) is 2.87. The minimum atomic E-state index is -2.81. The third-order valence-electron chi connectivity index (χ3n) is 7.28. The van der Waals surface area contributed by atoms with Gasteiger partial charge in [-0.3, -0.25) is 0 Å². The molecule has 2 aliphatic rings. The molecule has 0 radical (unpaired) electrons. The van der Waals surface area contributed by atoms with Crippen molar-refractivity contribution in [2.75, 3.05) is 39.3 Å². The number of carbonyl (C=O) groups is 1. The van der Waals surface area contributed by atoms with Gasteiger partial charge in [-0.1, -0.05) is 48.9 Å². The molecule has 0 N–H and O–H groups in total. The molecular formula is C28H39N3O3S. The smallest absolute Gasteiger partial charge is 0.409 e. The summed E-state index contributed by atoms with van der Waals surface area (Å²) in [5.74, 6) is 4.29. The fraction of sp³-hybridized carbons (Fsp3) is 0.500. The maximum Gasteiger partial charge on any atom is 0.409 e. The Labute approximate surface area is 211 Å². The van der Waals surface area contributed by atoms with Crippen molar-refractivity contribution in [3.05, 3.63) is 65.2 Å². The molecule has 0 aliphatic carbocycles. The molecule has 1 amide bonds. The first-order chi connectivity index (χ1) is 16.8. The topological polar surface area (TPSA) is 53.1 Å². The van der Waals surface area contributed by atoms with E-state index in [1.165, 1.54) is 5.56 Å². The Morgan fingerprint density at radius 2 is 1.71 bits per heavy atom. The van der Waals surface area contributed by atoms with Gasteiger partial charge in [-0.25, -0.2) is 13.3 Å². The zero-order chi connectivity index (χ0) is 25.0. The van der Waals surface area contributed by atoms with Crippen LogP contribution < -0.4 is 0 Å². The largest absolute Gasteiger partial charge is 0.448 e. The number of piperidine rings is 1. The highest BCUT2D eigenvalue weighted by Crippen LogP contribution is 2.39. The van der Waals surface area contributed by atoms with Gasteiger partial charge >= 0.3 is 6.09 Å². The first kappa shape index (κ1) is 25.7. The summed E-state index contributed by atoms with van der Waals surface area (Å²) in [6.07, 6.45) is 2.42. The number of nitrogens with zero attached hydrogens (tertiary/aromatic N) is 3.